The zero-order valence-corrected chi connectivity index (χ0v) is 25.5. The topological polar surface area (TPSA) is 36.9 Å². The summed E-state index contributed by atoms with van der Waals surface area (Å²) in [6.07, 6.45) is 0. The Labute approximate surface area is 270 Å². The maximum absolute atomic E-state index is 10.1. The van der Waals surface area contributed by atoms with Crippen molar-refractivity contribution in [2.75, 3.05) is 0 Å². The summed E-state index contributed by atoms with van der Waals surface area (Å²) in [6.45, 7) is 0. The largest absolute Gasteiger partial charge is 0.456 e. The zero-order chi connectivity index (χ0) is 30.6. The van der Waals surface area contributed by atoms with Crippen LogP contribution in [0.5, 0.6) is 0 Å². The third-order valence-corrected chi connectivity index (χ3v) is 10.0. The van der Waals surface area contributed by atoms with E-state index in [1.807, 2.05) is 53.8 Å². The lowest BCUT2D eigenvalue weighted by Gasteiger charge is -2.15. The summed E-state index contributed by atoms with van der Waals surface area (Å²) >= 11 is 1.83. The van der Waals surface area contributed by atoms with Crippen molar-refractivity contribution < 1.29 is 4.42 Å². The van der Waals surface area contributed by atoms with Crippen LogP contribution in [0.25, 0.3) is 86.6 Å². The van der Waals surface area contributed by atoms with Crippen LogP contribution >= 0.6 is 11.3 Å². The van der Waals surface area contributed by atoms with Crippen LogP contribution in [-0.4, -0.2) is 0 Å². The van der Waals surface area contributed by atoms with Gasteiger partial charge in [-0.1, -0.05) is 97.1 Å². The van der Waals surface area contributed by atoms with Crippen LogP contribution in [0.4, 0.5) is 0 Å². The number of rotatable bonds is 4. The fourth-order valence-electron chi connectivity index (χ4n) is 6.66. The number of thiophene rings is 1. The molecule has 0 aliphatic rings. The first-order chi connectivity index (χ1) is 22.7. The van der Waals surface area contributed by atoms with E-state index < -0.39 is 0 Å². The highest BCUT2D eigenvalue weighted by Gasteiger charge is 2.16. The van der Waals surface area contributed by atoms with Gasteiger partial charge in [0.15, 0.2) is 0 Å². The molecule has 9 aromatic rings. The van der Waals surface area contributed by atoms with E-state index in [0.29, 0.717) is 5.56 Å². The Balaban J connectivity index is 1.27. The summed E-state index contributed by atoms with van der Waals surface area (Å²) in [5.41, 5.74) is 11.1. The highest BCUT2D eigenvalue weighted by molar-refractivity contribution is 7.25. The molecule has 9 rings (SSSR count). The van der Waals surface area contributed by atoms with Crippen molar-refractivity contribution in [2.45, 2.75) is 0 Å². The Hall–Kier alpha value is -5.95. The van der Waals surface area contributed by atoms with Crippen molar-refractivity contribution in [3.8, 4) is 50.6 Å². The van der Waals surface area contributed by atoms with Crippen molar-refractivity contribution in [3.63, 3.8) is 0 Å². The lowest BCUT2D eigenvalue weighted by molar-refractivity contribution is 0.669. The van der Waals surface area contributed by atoms with Crippen LogP contribution < -0.4 is 0 Å². The number of benzene rings is 7. The average molecular weight is 604 g/mol. The molecule has 0 radical (unpaired) electrons. The molecule has 0 atom stereocenters. The van der Waals surface area contributed by atoms with Gasteiger partial charge in [0.05, 0.1) is 11.6 Å². The van der Waals surface area contributed by atoms with E-state index >= 15 is 0 Å². The quantitative estimate of drug-likeness (QED) is 0.201. The molecular formula is C43H25NOS. The molecule has 0 saturated carbocycles. The van der Waals surface area contributed by atoms with Gasteiger partial charge in [-0.25, -0.2) is 0 Å². The van der Waals surface area contributed by atoms with E-state index in [1.54, 1.807) is 0 Å². The van der Waals surface area contributed by atoms with E-state index in [2.05, 4.69) is 115 Å². The third kappa shape index (κ3) is 4.39. The van der Waals surface area contributed by atoms with E-state index in [-0.39, 0.29) is 0 Å². The van der Waals surface area contributed by atoms with Crippen molar-refractivity contribution in [1.82, 2.24) is 0 Å². The molecule has 214 valence electrons. The molecule has 0 saturated heterocycles. The lowest BCUT2D eigenvalue weighted by Crippen LogP contribution is -1.90. The van der Waals surface area contributed by atoms with Gasteiger partial charge in [-0.3, -0.25) is 0 Å². The normalized spacial score (nSPS) is 11.5. The zero-order valence-electron chi connectivity index (χ0n) is 24.7. The molecule has 0 unspecified atom stereocenters. The first kappa shape index (κ1) is 26.5. The van der Waals surface area contributed by atoms with E-state index in [0.717, 1.165) is 60.9 Å². The fourth-order valence-corrected chi connectivity index (χ4v) is 7.80. The monoisotopic (exact) mass is 603 g/mol. The minimum absolute atomic E-state index is 0.635. The molecular weight excluding hydrogens is 579 g/mol. The number of furan rings is 1. The average Bonchev–Trinajstić information content (AvgIpc) is 3.69. The Morgan fingerprint density at radius 1 is 0.413 bits per heavy atom. The van der Waals surface area contributed by atoms with E-state index in [4.69, 9.17) is 4.42 Å². The second kappa shape index (κ2) is 10.6. The van der Waals surface area contributed by atoms with Crippen molar-refractivity contribution in [2.24, 2.45) is 0 Å². The molecule has 2 aromatic heterocycles. The second-order valence-corrected chi connectivity index (χ2v) is 12.7. The Kier molecular flexibility index (Phi) is 6.09. The Morgan fingerprint density at radius 2 is 1.11 bits per heavy atom. The number of nitrogens with zero attached hydrogens (tertiary/aromatic N) is 1. The standard InChI is InChI=1S/C43H25NOS/c44-26-27-20-32(28-8-2-1-3-9-28)22-33(21-27)38-23-29(30-15-18-37-36-11-5-7-13-42(36)46-43(37)25-30)14-17-34(38)31-16-19-41-39(24-31)35-10-4-6-12-40(35)45-41/h1-25H. The van der Waals surface area contributed by atoms with Crippen LogP contribution in [0.15, 0.2) is 156 Å². The molecule has 0 fully saturated rings. The van der Waals surface area contributed by atoms with Crippen LogP contribution in [0.2, 0.25) is 0 Å². The number of hydrogen-bond donors (Lipinski definition) is 0. The molecule has 46 heavy (non-hydrogen) atoms. The predicted octanol–water partition coefficient (Wildman–Crippen LogP) is 12.5. The molecule has 7 aromatic carbocycles. The van der Waals surface area contributed by atoms with Gasteiger partial charge in [0.25, 0.3) is 0 Å². The van der Waals surface area contributed by atoms with Gasteiger partial charge >= 0.3 is 0 Å². The van der Waals surface area contributed by atoms with Crippen LogP contribution in [0.1, 0.15) is 5.56 Å². The van der Waals surface area contributed by atoms with Gasteiger partial charge in [-0.05, 0) is 99.1 Å². The molecule has 0 bridgehead atoms. The first-order valence-electron chi connectivity index (χ1n) is 15.3. The first-order valence-corrected chi connectivity index (χ1v) is 16.1. The number of hydrogen-bond acceptors (Lipinski definition) is 3. The molecule has 2 nitrogen and oxygen atoms in total. The van der Waals surface area contributed by atoms with Crippen molar-refractivity contribution >= 4 is 53.4 Å². The molecule has 0 amide bonds. The van der Waals surface area contributed by atoms with Gasteiger partial charge in [0, 0.05) is 30.9 Å². The Morgan fingerprint density at radius 3 is 2.00 bits per heavy atom. The smallest absolute Gasteiger partial charge is 0.135 e. The van der Waals surface area contributed by atoms with Crippen molar-refractivity contribution in [1.29, 1.82) is 5.26 Å². The molecule has 2 heterocycles. The van der Waals surface area contributed by atoms with Gasteiger partial charge in [0.1, 0.15) is 11.2 Å². The van der Waals surface area contributed by atoms with E-state index in [9.17, 15) is 5.26 Å². The minimum atomic E-state index is 0.635. The lowest BCUT2D eigenvalue weighted by atomic mass is 9.88. The van der Waals surface area contributed by atoms with E-state index in [1.165, 1.54) is 25.7 Å². The van der Waals surface area contributed by atoms with Gasteiger partial charge in [-0.15, -0.1) is 11.3 Å². The summed E-state index contributed by atoms with van der Waals surface area (Å²) in [6, 6.07) is 55.6. The second-order valence-electron chi connectivity index (χ2n) is 11.7. The number of nitriles is 1. The highest BCUT2D eigenvalue weighted by atomic mass is 32.1. The van der Waals surface area contributed by atoms with Gasteiger partial charge in [-0.2, -0.15) is 5.26 Å². The molecule has 3 heteroatoms. The SMILES string of the molecule is N#Cc1cc(-c2ccccc2)cc(-c2cc(-c3ccc4c(c3)sc3ccccc34)ccc2-c2ccc3oc4ccccc4c3c2)c1. The predicted molar refractivity (Wildman–Crippen MR) is 193 cm³/mol. The Bertz CT molecular complexity index is 2650. The molecule has 0 aliphatic heterocycles. The maximum Gasteiger partial charge on any atom is 0.135 e. The third-order valence-electron chi connectivity index (χ3n) is 8.90. The molecule has 0 spiro atoms. The fraction of sp³-hybridized carbons (Fsp3) is 0. The highest BCUT2D eigenvalue weighted by Crippen LogP contribution is 2.42. The van der Waals surface area contributed by atoms with Crippen LogP contribution in [0.3, 0.4) is 0 Å². The minimum Gasteiger partial charge on any atom is -0.456 e. The maximum atomic E-state index is 10.1. The number of para-hydroxylation sites is 1. The summed E-state index contributed by atoms with van der Waals surface area (Å²) in [5.74, 6) is 0. The summed E-state index contributed by atoms with van der Waals surface area (Å²) in [7, 11) is 0. The summed E-state index contributed by atoms with van der Waals surface area (Å²) < 4.78 is 8.73. The van der Waals surface area contributed by atoms with Gasteiger partial charge < -0.3 is 4.42 Å². The number of fused-ring (bicyclic) bond motifs is 6. The summed E-state index contributed by atoms with van der Waals surface area (Å²) in [5, 5.41) is 14.9. The van der Waals surface area contributed by atoms with Crippen molar-refractivity contribution in [3.05, 3.63) is 157 Å². The van der Waals surface area contributed by atoms with Crippen LogP contribution in [0, 0.1) is 11.3 Å². The van der Waals surface area contributed by atoms with Crippen LogP contribution in [-0.2, 0) is 0 Å². The molecule has 0 aliphatic carbocycles. The molecule has 0 N–H and O–H groups in total. The summed E-state index contributed by atoms with van der Waals surface area (Å²) in [4.78, 5) is 0. The van der Waals surface area contributed by atoms with Gasteiger partial charge in [0.2, 0.25) is 0 Å².